The van der Waals surface area contributed by atoms with Crippen LogP contribution in [0, 0.1) is 0 Å². The zero-order chi connectivity index (χ0) is 12.0. The number of halogens is 1. The van der Waals surface area contributed by atoms with Gasteiger partial charge in [0.15, 0.2) is 0 Å². The first-order valence-electron chi connectivity index (χ1n) is 5.81. The Balaban J connectivity index is 1.88. The van der Waals surface area contributed by atoms with E-state index in [1.165, 1.54) is 0 Å². The molecule has 0 amide bonds. The van der Waals surface area contributed by atoms with Gasteiger partial charge in [-0.05, 0) is 12.1 Å². The SMILES string of the molecule is COC1CC2(C1)C[C@H](O)c1ccc(Br)cc1O2. The summed E-state index contributed by atoms with van der Waals surface area (Å²) in [6.45, 7) is 0. The van der Waals surface area contributed by atoms with Gasteiger partial charge in [-0.15, -0.1) is 0 Å². The van der Waals surface area contributed by atoms with Crippen LogP contribution in [0.15, 0.2) is 22.7 Å². The number of hydrogen-bond acceptors (Lipinski definition) is 3. The third kappa shape index (κ3) is 1.88. The molecule has 1 aliphatic carbocycles. The molecule has 1 aromatic carbocycles. The summed E-state index contributed by atoms with van der Waals surface area (Å²) in [5, 5.41) is 10.2. The molecule has 1 aliphatic heterocycles. The molecule has 2 aliphatic rings. The molecule has 0 aromatic heterocycles. The van der Waals surface area contributed by atoms with Crippen molar-refractivity contribution in [2.45, 2.75) is 37.1 Å². The van der Waals surface area contributed by atoms with Gasteiger partial charge in [-0.25, -0.2) is 0 Å². The minimum atomic E-state index is -0.426. The van der Waals surface area contributed by atoms with Gasteiger partial charge in [0, 0.05) is 36.4 Å². The van der Waals surface area contributed by atoms with Crippen LogP contribution in [0.1, 0.15) is 30.9 Å². The van der Waals surface area contributed by atoms with E-state index in [-0.39, 0.29) is 11.7 Å². The lowest BCUT2D eigenvalue weighted by molar-refractivity contribution is -0.139. The van der Waals surface area contributed by atoms with Gasteiger partial charge in [-0.1, -0.05) is 22.0 Å². The van der Waals surface area contributed by atoms with Crippen molar-refractivity contribution in [1.29, 1.82) is 0 Å². The number of methoxy groups -OCH3 is 1. The Morgan fingerprint density at radius 3 is 2.88 bits per heavy atom. The average molecular weight is 299 g/mol. The van der Waals surface area contributed by atoms with Crippen molar-refractivity contribution in [2.75, 3.05) is 7.11 Å². The second-order valence-corrected chi connectivity index (χ2v) is 5.87. The molecule has 1 spiro atoms. The zero-order valence-corrected chi connectivity index (χ0v) is 11.2. The summed E-state index contributed by atoms with van der Waals surface area (Å²) >= 11 is 3.43. The average Bonchev–Trinajstić information content (AvgIpc) is 2.24. The summed E-state index contributed by atoms with van der Waals surface area (Å²) in [5.74, 6) is 0.799. The molecular weight excluding hydrogens is 284 g/mol. The molecule has 1 saturated carbocycles. The monoisotopic (exact) mass is 298 g/mol. The molecule has 4 heteroatoms. The first-order valence-corrected chi connectivity index (χ1v) is 6.60. The van der Waals surface area contributed by atoms with Crippen LogP contribution >= 0.6 is 15.9 Å². The molecule has 0 radical (unpaired) electrons. The molecule has 3 rings (SSSR count). The topological polar surface area (TPSA) is 38.7 Å². The third-order valence-corrected chi connectivity index (χ3v) is 4.25. The lowest BCUT2D eigenvalue weighted by Gasteiger charge is -2.50. The van der Waals surface area contributed by atoms with E-state index in [1.54, 1.807) is 7.11 Å². The van der Waals surface area contributed by atoms with Gasteiger partial charge in [-0.3, -0.25) is 0 Å². The van der Waals surface area contributed by atoms with Crippen molar-refractivity contribution in [2.24, 2.45) is 0 Å². The predicted molar refractivity (Wildman–Crippen MR) is 67.1 cm³/mol. The maximum Gasteiger partial charge on any atom is 0.127 e. The van der Waals surface area contributed by atoms with Crippen LogP contribution in [0.5, 0.6) is 5.75 Å². The molecule has 1 N–H and O–H groups in total. The molecule has 3 nitrogen and oxygen atoms in total. The quantitative estimate of drug-likeness (QED) is 0.866. The number of rotatable bonds is 1. The lowest BCUT2D eigenvalue weighted by Crippen LogP contribution is -2.54. The first-order chi connectivity index (χ1) is 8.12. The first kappa shape index (κ1) is 11.5. The van der Waals surface area contributed by atoms with Crippen molar-refractivity contribution < 1.29 is 14.6 Å². The Bertz CT molecular complexity index is 440. The highest BCUT2D eigenvalue weighted by atomic mass is 79.9. The lowest BCUT2D eigenvalue weighted by atomic mass is 9.71. The molecule has 1 fully saturated rings. The van der Waals surface area contributed by atoms with Gasteiger partial charge in [0.1, 0.15) is 11.4 Å². The van der Waals surface area contributed by atoms with Crippen LogP contribution in [0.2, 0.25) is 0 Å². The van der Waals surface area contributed by atoms with E-state index < -0.39 is 6.10 Å². The molecule has 0 bridgehead atoms. The van der Waals surface area contributed by atoms with Crippen molar-refractivity contribution in [3.63, 3.8) is 0 Å². The van der Waals surface area contributed by atoms with Gasteiger partial charge in [0.05, 0.1) is 12.2 Å². The van der Waals surface area contributed by atoms with E-state index in [4.69, 9.17) is 9.47 Å². The highest BCUT2D eigenvalue weighted by molar-refractivity contribution is 9.10. The van der Waals surface area contributed by atoms with Crippen molar-refractivity contribution >= 4 is 15.9 Å². The normalized spacial score (nSPS) is 35.0. The largest absolute Gasteiger partial charge is 0.487 e. The minimum absolute atomic E-state index is 0.214. The maximum absolute atomic E-state index is 10.2. The van der Waals surface area contributed by atoms with Crippen LogP contribution in [-0.4, -0.2) is 23.9 Å². The van der Waals surface area contributed by atoms with E-state index in [9.17, 15) is 5.11 Å². The van der Waals surface area contributed by atoms with Crippen LogP contribution in [0.25, 0.3) is 0 Å². The Labute approximate surface area is 109 Å². The fourth-order valence-corrected chi connectivity index (χ4v) is 3.14. The zero-order valence-electron chi connectivity index (χ0n) is 9.65. The van der Waals surface area contributed by atoms with Crippen LogP contribution in [-0.2, 0) is 4.74 Å². The van der Waals surface area contributed by atoms with Crippen molar-refractivity contribution in [1.82, 2.24) is 0 Å². The Hall–Kier alpha value is -0.580. The molecule has 92 valence electrons. The predicted octanol–water partition coefficient (Wildman–Crippen LogP) is 2.81. The Kier molecular flexibility index (Phi) is 2.69. The number of hydrogen-bond donors (Lipinski definition) is 1. The standard InChI is InChI=1S/C13H15BrO3/c1-16-9-5-13(6-9)7-11(15)10-3-2-8(14)4-12(10)17-13/h2-4,9,11,15H,5-7H2,1H3/t9?,11-,13?/m0/s1. The summed E-state index contributed by atoms with van der Waals surface area (Å²) < 4.78 is 12.3. The number of benzene rings is 1. The minimum Gasteiger partial charge on any atom is -0.487 e. The molecule has 0 saturated heterocycles. The second kappa shape index (κ2) is 3.97. The van der Waals surface area contributed by atoms with E-state index in [1.807, 2.05) is 18.2 Å². The van der Waals surface area contributed by atoms with Crippen LogP contribution < -0.4 is 4.74 Å². The van der Waals surface area contributed by atoms with Crippen LogP contribution in [0.3, 0.4) is 0 Å². The highest BCUT2D eigenvalue weighted by Crippen LogP contribution is 2.50. The molecule has 0 unspecified atom stereocenters. The number of aliphatic hydroxyl groups excluding tert-OH is 1. The van der Waals surface area contributed by atoms with Gasteiger partial charge < -0.3 is 14.6 Å². The van der Waals surface area contributed by atoms with Gasteiger partial charge in [0.25, 0.3) is 0 Å². The summed E-state index contributed by atoms with van der Waals surface area (Å²) in [6.07, 6.45) is 2.25. The second-order valence-electron chi connectivity index (χ2n) is 4.95. The van der Waals surface area contributed by atoms with Gasteiger partial charge in [0.2, 0.25) is 0 Å². The van der Waals surface area contributed by atoms with Crippen molar-refractivity contribution in [3.8, 4) is 5.75 Å². The fraction of sp³-hybridized carbons (Fsp3) is 0.538. The highest BCUT2D eigenvalue weighted by Gasteiger charge is 2.50. The maximum atomic E-state index is 10.2. The van der Waals surface area contributed by atoms with Crippen molar-refractivity contribution in [3.05, 3.63) is 28.2 Å². The van der Waals surface area contributed by atoms with Crippen LogP contribution in [0.4, 0.5) is 0 Å². The fourth-order valence-electron chi connectivity index (χ4n) is 2.80. The van der Waals surface area contributed by atoms with Gasteiger partial charge in [-0.2, -0.15) is 0 Å². The van der Waals surface area contributed by atoms with E-state index >= 15 is 0 Å². The van der Waals surface area contributed by atoms with E-state index in [2.05, 4.69) is 15.9 Å². The molecule has 1 atom stereocenters. The Morgan fingerprint density at radius 2 is 2.18 bits per heavy atom. The van der Waals surface area contributed by atoms with E-state index in [0.717, 1.165) is 28.6 Å². The summed E-state index contributed by atoms with van der Waals surface area (Å²) in [6, 6.07) is 5.78. The number of ether oxygens (including phenoxy) is 2. The smallest absolute Gasteiger partial charge is 0.127 e. The molecule has 1 heterocycles. The Morgan fingerprint density at radius 1 is 1.41 bits per heavy atom. The molecule has 17 heavy (non-hydrogen) atoms. The third-order valence-electron chi connectivity index (χ3n) is 3.76. The molecular formula is C13H15BrO3. The summed E-state index contributed by atoms with van der Waals surface area (Å²) in [7, 11) is 1.72. The number of aliphatic hydroxyl groups is 1. The summed E-state index contributed by atoms with van der Waals surface area (Å²) in [5.41, 5.74) is 0.674. The summed E-state index contributed by atoms with van der Waals surface area (Å²) in [4.78, 5) is 0. The molecule has 1 aromatic rings. The van der Waals surface area contributed by atoms with E-state index in [0.29, 0.717) is 6.42 Å². The van der Waals surface area contributed by atoms with Gasteiger partial charge >= 0.3 is 0 Å². The number of fused-ring (bicyclic) bond motifs is 1.